The van der Waals surface area contributed by atoms with Crippen molar-refractivity contribution in [3.63, 3.8) is 0 Å². The maximum Gasteiger partial charge on any atom is 0.289 e. The Morgan fingerprint density at radius 3 is 2.26 bits per heavy atom. The first-order valence-corrected chi connectivity index (χ1v) is 12.4. The van der Waals surface area contributed by atoms with E-state index in [9.17, 15) is 13.2 Å². The lowest BCUT2D eigenvalue weighted by Gasteiger charge is -2.34. The number of amides is 1. The van der Waals surface area contributed by atoms with Crippen LogP contribution in [0.4, 0.5) is 5.88 Å². The molecular weight excluding hydrogens is 454 g/mol. The van der Waals surface area contributed by atoms with Gasteiger partial charge in [-0.1, -0.05) is 35.9 Å². The number of aryl methyl sites for hydroxylation is 1. The number of aromatic nitrogens is 1. The van der Waals surface area contributed by atoms with Crippen LogP contribution in [0, 0.1) is 6.92 Å². The zero-order valence-electron chi connectivity index (χ0n) is 18.5. The zero-order valence-corrected chi connectivity index (χ0v) is 19.4. The minimum absolute atomic E-state index is 0.125. The van der Waals surface area contributed by atoms with E-state index < -0.39 is 9.84 Å². The second-order valence-corrected chi connectivity index (χ2v) is 9.93. The van der Waals surface area contributed by atoms with Gasteiger partial charge in [0, 0.05) is 31.7 Å². The first-order valence-electron chi connectivity index (χ1n) is 10.9. The van der Waals surface area contributed by atoms with E-state index in [4.69, 9.17) is 8.83 Å². The van der Waals surface area contributed by atoms with Crippen molar-refractivity contribution in [2.45, 2.75) is 16.8 Å². The third-order valence-corrected chi connectivity index (χ3v) is 7.44. The summed E-state index contributed by atoms with van der Waals surface area (Å²) in [7, 11) is -3.92. The van der Waals surface area contributed by atoms with Crippen LogP contribution >= 0.6 is 0 Å². The number of carbonyl (C=O) groups is 1. The van der Waals surface area contributed by atoms with Crippen LogP contribution in [0.15, 0.2) is 91.7 Å². The zero-order chi connectivity index (χ0) is 23.7. The second-order valence-electron chi connectivity index (χ2n) is 8.07. The summed E-state index contributed by atoms with van der Waals surface area (Å²) >= 11 is 0. The van der Waals surface area contributed by atoms with Crippen molar-refractivity contribution in [1.29, 1.82) is 0 Å². The van der Waals surface area contributed by atoms with Crippen molar-refractivity contribution >= 4 is 21.6 Å². The Hall–Kier alpha value is -3.85. The lowest BCUT2D eigenvalue weighted by molar-refractivity contribution is 0.0713. The number of hydrogen-bond acceptors (Lipinski definition) is 7. The molecule has 0 aliphatic carbocycles. The van der Waals surface area contributed by atoms with E-state index in [1.54, 1.807) is 47.4 Å². The van der Waals surface area contributed by atoms with E-state index in [2.05, 4.69) is 4.98 Å². The standard InChI is InChI=1S/C25H23N3O5S/c1-18-9-11-19(12-10-18)22-26-23(34(30,31)20-6-3-2-4-7-20)25(33-22)28-15-13-27(14-16-28)24(29)21-8-5-17-32-21/h2-12,17H,13-16H2,1H3. The summed E-state index contributed by atoms with van der Waals surface area (Å²) in [5.74, 6) is 0.505. The predicted molar refractivity (Wildman–Crippen MR) is 125 cm³/mol. The highest BCUT2D eigenvalue weighted by atomic mass is 32.2. The third-order valence-electron chi connectivity index (χ3n) is 5.77. The normalized spacial score (nSPS) is 14.4. The average molecular weight is 478 g/mol. The smallest absolute Gasteiger partial charge is 0.289 e. The molecule has 8 nitrogen and oxygen atoms in total. The Labute approximate surface area is 197 Å². The summed E-state index contributed by atoms with van der Waals surface area (Å²) in [5.41, 5.74) is 1.76. The van der Waals surface area contributed by atoms with Crippen molar-refractivity contribution in [2.24, 2.45) is 0 Å². The Morgan fingerprint density at radius 1 is 0.912 bits per heavy atom. The number of hydrogen-bond donors (Lipinski definition) is 0. The molecule has 0 radical (unpaired) electrons. The van der Waals surface area contributed by atoms with Crippen LogP contribution in [0.3, 0.4) is 0 Å². The van der Waals surface area contributed by atoms with Crippen LogP contribution in [-0.4, -0.2) is 50.4 Å². The van der Waals surface area contributed by atoms with Crippen molar-refractivity contribution < 1.29 is 22.0 Å². The summed E-state index contributed by atoms with van der Waals surface area (Å²) in [6, 6.07) is 19.0. The lowest BCUT2D eigenvalue weighted by Crippen LogP contribution is -2.49. The summed E-state index contributed by atoms with van der Waals surface area (Å²) in [6.07, 6.45) is 1.46. The summed E-state index contributed by atoms with van der Waals surface area (Å²) in [5, 5.41) is -0.125. The molecule has 1 aliphatic heterocycles. The van der Waals surface area contributed by atoms with E-state index in [1.165, 1.54) is 6.26 Å². The highest BCUT2D eigenvalue weighted by Gasteiger charge is 2.33. The van der Waals surface area contributed by atoms with E-state index in [-0.39, 0.29) is 33.4 Å². The topological polar surface area (TPSA) is 96.9 Å². The first-order chi connectivity index (χ1) is 16.4. The predicted octanol–water partition coefficient (Wildman–Crippen LogP) is 4.04. The number of rotatable bonds is 5. The minimum Gasteiger partial charge on any atom is -0.459 e. The average Bonchev–Trinajstić information content (AvgIpc) is 3.56. The molecule has 0 bridgehead atoms. The maximum absolute atomic E-state index is 13.5. The van der Waals surface area contributed by atoms with Gasteiger partial charge in [0.05, 0.1) is 11.2 Å². The number of piperazine rings is 1. The van der Waals surface area contributed by atoms with Gasteiger partial charge in [0.1, 0.15) is 0 Å². The first kappa shape index (κ1) is 22.0. The summed E-state index contributed by atoms with van der Waals surface area (Å²) in [4.78, 5) is 20.7. The number of furan rings is 1. The van der Waals surface area contributed by atoms with Crippen LogP contribution in [0.2, 0.25) is 0 Å². The molecule has 1 saturated heterocycles. The quantitative estimate of drug-likeness (QED) is 0.428. The molecule has 9 heteroatoms. The van der Waals surface area contributed by atoms with Crippen LogP contribution in [-0.2, 0) is 9.84 Å². The van der Waals surface area contributed by atoms with Crippen molar-refractivity contribution in [1.82, 2.24) is 9.88 Å². The molecule has 34 heavy (non-hydrogen) atoms. The fourth-order valence-corrected chi connectivity index (χ4v) is 5.21. The molecule has 1 aliphatic rings. The lowest BCUT2D eigenvalue weighted by atomic mass is 10.1. The van der Waals surface area contributed by atoms with Crippen molar-refractivity contribution in [3.8, 4) is 11.5 Å². The van der Waals surface area contributed by atoms with Gasteiger partial charge >= 0.3 is 0 Å². The fraction of sp³-hybridized carbons (Fsp3) is 0.200. The van der Waals surface area contributed by atoms with E-state index in [1.807, 2.05) is 36.1 Å². The molecule has 0 atom stereocenters. The van der Waals surface area contributed by atoms with E-state index >= 15 is 0 Å². The van der Waals surface area contributed by atoms with Gasteiger partial charge in [0.2, 0.25) is 26.6 Å². The maximum atomic E-state index is 13.5. The van der Waals surface area contributed by atoms with Crippen LogP contribution in [0.25, 0.3) is 11.5 Å². The second kappa shape index (κ2) is 8.83. The Balaban J connectivity index is 1.48. The van der Waals surface area contributed by atoms with Gasteiger partial charge in [0.25, 0.3) is 5.91 Å². The van der Waals surface area contributed by atoms with Crippen LogP contribution in [0.5, 0.6) is 0 Å². The molecular formula is C25H23N3O5S. The van der Waals surface area contributed by atoms with Gasteiger partial charge in [-0.05, 0) is 43.3 Å². The number of nitrogens with zero attached hydrogens (tertiary/aromatic N) is 3. The molecule has 3 heterocycles. The SMILES string of the molecule is Cc1ccc(-c2nc(S(=O)(=O)c3ccccc3)c(N3CCN(C(=O)c4ccco4)CC3)o2)cc1. The molecule has 0 saturated carbocycles. The number of anilines is 1. The van der Waals surface area contributed by atoms with Gasteiger partial charge in [-0.15, -0.1) is 0 Å². The molecule has 174 valence electrons. The van der Waals surface area contributed by atoms with Crippen LogP contribution < -0.4 is 4.90 Å². The molecule has 0 N–H and O–H groups in total. The largest absolute Gasteiger partial charge is 0.459 e. The summed E-state index contributed by atoms with van der Waals surface area (Å²) in [6.45, 7) is 3.55. The summed E-state index contributed by atoms with van der Waals surface area (Å²) < 4.78 is 38.3. The number of benzene rings is 2. The van der Waals surface area contributed by atoms with Gasteiger partial charge in [0.15, 0.2) is 5.76 Å². The van der Waals surface area contributed by atoms with Crippen LogP contribution in [0.1, 0.15) is 16.1 Å². The number of oxazole rings is 1. The van der Waals surface area contributed by atoms with Gasteiger partial charge in [-0.2, -0.15) is 4.98 Å². The minimum atomic E-state index is -3.92. The molecule has 1 fully saturated rings. The Morgan fingerprint density at radius 2 is 1.62 bits per heavy atom. The fourth-order valence-electron chi connectivity index (χ4n) is 3.87. The third kappa shape index (κ3) is 4.10. The molecule has 0 unspecified atom stereocenters. The van der Waals surface area contributed by atoms with E-state index in [0.29, 0.717) is 31.7 Å². The number of carbonyl (C=O) groups excluding carboxylic acids is 1. The monoisotopic (exact) mass is 477 g/mol. The van der Waals surface area contributed by atoms with Gasteiger partial charge in [-0.25, -0.2) is 8.42 Å². The molecule has 2 aromatic carbocycles. The van der Waals surface area contributed by atoms with Crippen molar-refractivity contribution in [3.05, 3.63) is 84.3 Å². The highest BCUT2D eigenvalue weighted by molar-refractivity contribution is 7.91. The highest BCUT2D eigenvalue weighted by Crippen LogP contribution is 2.35. The molecule has 5 rings (SSSR count). The molecule has 4 aromatic rings. The van der Waals surface area contributed by atoms with Crippen molar-refractivity contribution in [2.75, 3.05) is 31.1 Å². The number of sulfone groups is 1. The Kier molecular flexibility index (Phi) is 5.70. The van der Waals surface area contributed by atoms with Gasteiger partial charge < -0.3 is 18.6 Å². The molecule has 0 spiro atoms. The molecule has 1 amide bonds. The van der Waals surface area contributed by atoms with Gasteiger partial charge in [-0.3, -0.25) is 4.79 Å². The van der Waals surface area contributed by atoms with E-state index in [0.717, 1.165) is 5.56 Å². The molecule has 2 aromatic heterocycles. The Bertz CT molecular complexity index is 1390.